The fourth-order valence-corrected chi connectivity index (χ4v) is 9.66. The van der Waals surface area contributed by atoms with Crippen molar-refractivity contribution in [2.75, 3.05) is 0 Å². The van der Waals surface area contributed by atoms with Gasteiger partial charge < -0.3 is 4.74 Å². The topological polar surface area (TPSA) is 9.23 Å². The molecule has 0 atom stereocenters. The van der Waals surface area contributed by atoms with Crippen LogP contribution in [-0.4, -0.2) is 8.80 Å². The van der Waals surface area contributed by atoms with Gasteiger partial charge in [0.15, 0.2) is 17.8 Å². The van der Waals surface area contributed by atoms with Gasteiger partial charge >= 0.3 is 6.08 Å². The Morgan fingerprint density at radius 1 is 0.969 bits per heavy atom. The maximum atomic E-state index is 14.2. The third kappa shape index (κ3) is 8.28. The molecule has 1 saturated carbocycles. The maximum absolute atomic E-state index is 14.2. The van der Waals surface area contributed by atoms with Crippen LogP contribution >= 0.6 is 0 Å². The summed E-state index contributed by atoms with van der Waals surface area (Å²) in [5.41, 5.74) is 0.969. The molecule has 180 valence electrons. The van der Waals surface area contributed by atoms with E-state index in [0.717, 1.165) is 30.2 Å². The molecular formula is C27H41F3OSi. The van der Waals surface area contributed by atoms with Gasteiger partial charge in [-0.1, -0.05) is 82.5 Å². The molecule has 0 amide bonds. The van der Waals surface area contributed by atoms with Crippen molar-refractivity contribution in [3.63, 3.8) is 0 Å². The third-order valence-corrected chi connectivity index (χ3v) is 11.5. The molecule has 1 aromatic carbocycles. The summed E-state index contributed by atoms with van der Waals surface area (Å²) in [5, 5.41) is 0. The van der Waals surface area contributed by atoms with Crippen LogP contribution in [0.3, 0.4) is 0 Å². The van der Waals surface area contributed by atoms with Crippen molar-refractivity contribution >= 4 is 8.80 Å². The Morgan fingerprint density at radius 2 is 1.62 bits per heavy atom. The van der Waals surface area contributed by atoms with Gasteiger partial charge in [-0.3, -0.25) is 0 Å². The minimum Gasteiger partial charge on any atom is -0.456 e. The SMILES string of the molecule is CCCC[Si@H]1CC[C@H](CCCC[C@H]2CC[C@H](c3ccc(OC=C(F)F)c(F)c3)CC2)CC1. The lowest BCUT2D eigenvalue weighted by atomic mass is 9.77. The van der Waals surface area contributed by atoms with Crippen LogP contribution in [0.25, 0.3) is 0 Å². The molecule has 1 heterocycles. The fraction of sp³-hybridized carbons (Fsp3) is 0.704. The van der Waals surface area contributed by atoms with Crippen LogP contribution in [0.5, 0.6) is 5.75 Å². The van der Waals surface area contributed by atoms with Crippen molar-refractivity contribution in [1.29, 1.82) is 0 Å². The van der Waals surface area contributed by atoms with E-state index < -0.39 is 11.9 Å². The second kappa shape index (κ2) is 13.5. The molecule has 1 aromatic rings. The lowest BCUT2D eigenvalue weighted by molar-refractivity contribution is 0.296. The lowest BCUT2D eigenvalue weighted by Gasteiger charge is -2.30. The van der Waals surface area contributed by atoms with E-state index in [9.17, 15) is 13.2 Å². The number of ether oxygens (including phenoxy) is 1. The number of benzene rings is 1. The highest BCUT2D eigenvalue weighted by Gasteiger charge is 2.24. The number of unbranched alkanes of at least 4 members (excludes halogenated alkanes) is 2. The summed E-state index contributed by atoms with van der Waals surface area (Å²) in [6, 6.07) is 9.55. The van der Waals surface area contributed by atoms with E-state index in [0.29, 0.717) is 5.92 Å². The summed E-state index contributed by atoms with van der Waals surface area (Å²) < 4.78 is 43.1. The average Bonchev–Trinajstić information content (AvgIpc) is 2.81. The fourth-order valence-electron chi connectivity index (χ4n) is 5.93. The van der Waals surface area contributed by atoms with Gasteiger partial charge in [-0.2, -0.15) is 8.78 Å². The summed E-state index contributed by atoms with van der Waals surface area (Å²) >= 11 is 0. The van der Waals surface area contributed by atoms with Crippen LogP contribution in [0.15, 0.2) is 30.5 Å². The summed E-state index contributed by atoms with van der Waals surface area (Å²) in [7, 11) is -0.356. The van der Waals surface area contributed by atoms with Gasteiger partial charge in [0.2, 0.25) is 0 Å². The van der Waals surface area contributed by atoms with Crippen LogP contribution < -0.4 is 4.74 Å². The Hall–Kier alpha value is -1.23. The van der Waals surface area contributed by atoms with Gasteiger partial charge in [-0.15, -0.1) is 0 Å². The molecule has 1 aliphatic heterocycles. The molecule has 0 spiro atoms. The highest BCUT2D eigenvalue weighted by atomic mass is 28.3. The Labute approximate surface area is 194 Å². The monoisotopic (exact) mass is 466 g/mol. The predicted molar refractivity (Wildman–Crippen MR) is 130 cm³/mol. The first-order chi connectivity index (χ1) is 15.5. The Balaban J connectivity index is 1.30. The molecule has 0 N–H and O–H groups in total. The molecule has 3 rings (SSSR count). The molecule has 2 fully saturated rings. The lowest BCUT2D eigenvalue weighted by Crippen LogP contribution is -2.21. The molecule has 0 bridgehead atoms. The van der Waals surface area contributed by atoms with Crippen molar-refractivity contribution in [2.45, 2.75) is 108 Å². The number of rotatable bonds is 11. The molecule has 1 aliphatic carbocycles. The van der Waals surface area contributed by atoms with Gasteiger partial charge in [0.25, 0.3) is 0 Å². The Kier molecular flexibility index (Phi) is 10.7. The summed E-state index contributed by atoms with van der Waals surface area (Å²) in [5.74, 6) is 1.48. The molecule has 2 aliphatic rings. The second-order valence-corrected chi connectivity index (χ2v) is 13.7. The quantitative estimate of drug-likeness (QED) is 0.179. The van der Waals surface area contributed by atoms with E-state index in [2.05, 4.69) is 6.92 Å². The molecule has 1 saturated heterocycles. The van der Waals surface area contributed by atoms with Gasteiger partial charge in [-0.05, 0) is 61.1 Å². The zero-order chi connectivity index (χ0) is 22.8. The molecule has 1 nitrogen and oxygen atoms in total. The number of hydrogen-bond acceptors (Lipinski definition) is 1. The molecular weight excluding hydrogens is 425 g/mol. The van der Waals surface area contributed by atoms with Crippen molar-refractivity contribution in [3.05, 3.63) is 41.9 Å². The number of hydrogen-bond donors (Lipinski definition) is 0. The van der Waals surface area contributed by atoms with Gasteiger partial charge in [0.1, 0.15) is 0 Å². The molecule has 0 radical (unpaired) electrons. The predicted octanol–water partition coefficient (Wildman–Crippen LogP) is 9.21. The van der Waals surface area contributed by atoms with E-state index in [-0.39, 0.29) is 20.8 Å². The van der Waals surface area contributed by atoms with Crippen LogP contribution in [0.4, 0.5) is 13.2 Å². The smallest absolute Gasteiger partial charge is 0.305 e. The standard InChI is InChI=1S/C27H41F3OSi/c1-2-3-16-32-17-14-22(15-18-32)7-5-4-6-21-8-10-23(11-9-21)24-12-13-26(25(28)19-24)31-20-27(29)30/h12-13,19-23,32H,2-11,14-18H2,1H3/t21-,22-,23-,32-. The third-order valence-electron chi connectivity index (χ3n) is 7.96. The summed E-state index contributed by atoms with van der Waals surface area (Å²) in [4.78, 5) is 0. The van der Waals surface area contributed by atoms with Crippen LogP contribution in [0.2, 0.25) is 18.1 Å². The summed E-state index contributed by atoms with van der Waals surface area (Å²) in [6.45, 7) is 2.32. The molecule has 32 heavy (non-hydrogen) atoms. The normalized spacial score (nSPS) is 26.0. The maximum Gasteiger partial charge on any atom is 0.305 e. The second-order valence-electron chi connectivity index (χ2n) is 10.2. The van der Waals surface area contributed by atoms with Gasteiger partial charge in [0.05, 0.1) is 0 Å². The van der Waals surface area contributed by atoms with Crippen LogP contribution in [0.1, 0.15) is 95.5 Å². The van der Waals surface area contributed by atoms with E-state index in [1.54, 1.807) is 18.1 Å². The average molecular weight is 467 g/mol. The number of halogens is 3. The van der Waals surface area contributed by atoms with Crippen molar-refractivity contribution in [3.8, 4) is 5.75 Å². The van der Waals surface area contributed by atoms with Crippen molar-refractivity contribution < 1.29 is 17.9 Å². The molecule has 0 aromatic heterocycles. The highest BCUT2D eigenvalue weighted by Crippen LogP contribution is 2.39. The Morgan fingerprint density at radius 3 is 2.22 bits per heavy atom. The van der Waals surface area contributed by atoms with Gasteiger partial charge in [-0.25, -0.2) is 4.39 Å². The van der Waals surface area contributed by atoms with Crippen LogP contribution in [-0.2, 0) is 0 Å². The summed E-state index contributed by atoms with van der Waals surface area (Å²) in [6.07, 6.45) is 14.4. The minimum atomic E-state index is -1.97. The highest BCUT2D eigenvalue weighted by molar-refractivity contribution is 6.58. The first-order valence-corrected chi connectivity index (χ1v) is 15.5. The van der Waals surface area contributed by atoms with Crippen molar-refractivity contribution in [2.24, 2.45) is 11.8 Å². The van der Waals surface area contributed by atoms with E-state index >= 15 is 0 Å². The first kappa shape index (κ1) is 25.4. The van der Waals surface area contributed by atoms with Gasteiger partial charge in [0, 0.05) is 8.80 Å². The Bertz CT molecular complexity index is 703. The zero-order valence-electron chi connectivity index (χ0n) is 19.8. The van der Waals surface area contributed by atoms with E-state index in [1.165, 1.54) is 76.3 Å². The minimum absolute atomic E-state index is 0.146. The first-order valence-electron chi connectivity index (χ1n) is 13.0. The molecule has 5 heteroatoms. The van der Waals surface area contributed by atoms with Crippen LogP contribution in [0, 0.1) is 17.7 Å². The largest absolute Gasteiger partial charge is 0.456 e. The van der Waals surface area contributed by atoms with Crippen molar-refractivity contribution in [1.82, 2.24) is 0 Å². The zero-order valence-corrected chi connectivity index (χ0v) is 20.9. The molecule has 0 unspecified atom stereocenters. The van der Waals surface area contributed by atoms with E-state index in [4.69, 9.17) is 4.74 Å². The van der Waals surface area contributed by atoms with E-state index in [1.807, 2.05) is 6.07 Å².